The van der Waals surface area contributed by atoms with Gasteiger partial charge in [-0.15, -0.1) is 0 Å². The van der Waals surface area contributed by atoms with Gasteiger partial charge in [-0.1, -0.05) is 12.1 Å². The van der Waals surface area contributed by atoms with Crippen molar-refractivity contribution in [1.29, 1.82) is 0 Å². The molecule has 30 heavy (non-hydrogen) atoms. The Kier molecular flexibility index (Phi) is 5.30. The molecule has 2 aromatic heterocycles. The number of aryl methyl sites for hydroxylation is 1. The van der Waals surface area contributed by atoms with Crippen LogP contribution in [0.3, 0.4) is 0 Å². The summed E-state index contributed by atoms with van der Waals surface area (Å²) in [5.41, 5.74) is 2.87. The predicted octanol–water partition coefficient (Wildman–Crippen LogP) is 4.73. The van der Waals surface area contributed by atoms with E-state index in [1.807, 2.05) is 37.3 Å². The molecule has 0 aliphatic carbocycles. The van der Waals surface area contributed by atoms with Crippen LogP contribution in [-0.2, 0) is 0 Å². The Morgan fingerprint density at radius 2 is 2.03 bits per heavy atom. The van der Waals surface area contributed by atoms with E-state index in [1.165, 1.54) is 0 Å². The van der Waals surface area contributed by atoms with Crippen molar-refractivity contribution in [2.24, 2.45) is 0 Å². The van der Waals surface area contributed by atoms with Crippen molar-refractivity contribution < 1.29 is 14.3 Å². The van der Waals surface area contributed by atoms with E-state index in [0.29, 0.717) is 10.9 Å². The molecule has 3 heterocycles. The largest absolute Gasteiger partial charge is 0.478 e. The van der Waals surface area contributed by atoms with Crippen LogP contribution in [0.15, 0.2) is 59.1 Å². The molecule has 1 fully saturated rings. The second-order valence-electron chi connectivity index (χ2n) is 7.66. The molecule has 6 nitrogen and oxygen atoms in total. The number of benzene rings is 1. The van der Waals surface area contributed by atoms with E-state index in [9.17, 15) is 9.90 Å². The lowest BCUT2D eigenvalue weighted by Crippen LogP contribution is -2.35. The van der Waals surface area contributed by atoms with E-state index in [4.69, 9.17) is 16.6 Å². The van der Waals surface area contributed by atoms with Crippen molar-refractivity contribution in [3.05, 3.63) is 77.3 Å². The molecule has 1 aromatic carbocycles. The summed E-state index contributed by atoms with van der Waals surface area (Å²) in [5, 5.41) is 13.3. The Hall–Kier alpha value is -3.19. The lowest BCUT2D eigenvalue weighted by atomic mass is 10.0. The van der Waals surface area contributed by atoms with Gasteiger partial charge < -0.3 is 19.7 Å². The molecule has 2 N–H and O–H groups in total. The first kappa shape index (κ1) is 20.1. The molecular weight excluding hydrogens is 398 g/mol. The smallest absolute Gasteiger partial charge is 0.335 e. The maximum Gasteiger partial charge on any atom is 0.335 e. The molecule has 0 radical (unpaired) electrons. The topological polar surface area (TPSA) is 78.6 Å². The van der Waals surface area contributed by atoms with Crippen molar-refractivity contribution in [3.8, 4) is 11.3 Å². The summed E-state index contributed by atoms with van der Waals surface area (Å²) in [6.07, 6.45) is 1.77. The van der Waals surface area contributed by atoms with Gasteiger partial charge in [-0.2, -0.15) is 0 Å². The summed E-state index contributed by atoms with van der Waals surface area (Å²) in [7, 11) is 0. The van der Waals surface area contributed by atoms with Gasteiger partial charge in [0.2, 0.25) is 0 Å². The molecular formula is C23H23N3O3S. The van der Waals surface area contributed by atoms with Crippen LogP contribution in [-0.4, -0.2) is 32.1 Å². The van der Waals surface area contributed by atoms with Gasteiger partial charge in [-0.25, -0.2) is 4.79 Å². The van der Waals surface area contributed by atoms with E-state index in [0.717, 1.165) is 22.6 Å². The van der Waals surface area contributed by atoms with Crippen molar-refractivity contribution >= 4 is 23.3 Å². The van der Waals surface area contributed by atoms with Crippen LogP contribution in [0.5, 0.6) is 0 Å². The number of pyridine rings is 1. The maximum atomic E-state index is 11.2. The van der Waals surface area contributed by atoms with Crippen molar-refractivity contribution in [3.63, 3.8) is 0 Å². The number of carboxylic acids is 1. The van der Waals surface area contributed by atoms with Gasteiger partial charge in [-0.3, -0.25) is 4.98 Å². The Labute approximate surface area is 180 Å². The molecule has 2 unspecified atom stereocenters. The lowest BCUT2D eigenvalue weighted by Gasteiger charge is -2.29. The number of carboxylic acid groups (broad SMARTS) is 1. The summed E-state index contributed by atoms with van der Waals surface area (Å²) < 4.78 is 6.30. The molecule has 0 bridgehead atoms. The number of thiocarbonyl (C=S) groups is 1. The fraction of sp³-hybridized carbons (Fsp3) is 0.261. The Morgan fingerprint density at radius 3 is 2.67 bits per heavy atom. The molecule has 1 aliphatic heterocycles. The van der Waals surface area contributed by atoms with Crippen molar-refractivity contribution in [1.82, 2.24) is 15.2 Å². The molecule has 3 aromatic rings. The first-order chi connectivity index (χ1) is 14.4. The molecule has 4 rings (SSSR count). The predicted molar refractivity (Wildman–Crippen MR) is 118 cm³/mol. The van der Waals surface area contributed by atoms with Gasteiger partial charge in [0.1, 0.15) is 17.6 Å². The number of aromatic carboxylic acids is 1. The first-order valence-electron chi connectivity index (χ1n) is 9.80. The van der Waals surface area contributed by atoms with Crippen LogP contribution < -0.4 is 5.32 Å². The van der Waals surface area contributed by atoms with Gasteiger partial charge in [0, 0.05) is 17.8 Å². The summed E-state index contributed by atoms with van der Waals surface area (Å²) in [5.74, 6) is 0.533. The number of nitrogens with one attached hydrogen (secondary N) is 1. The highest BCUT2D eigenvalue weighted by molar-refractivity contribution is 7.80. The second-order valence-corrected chi connectivity index (χ2v) is 8.05. The average Bonchev–Trinajstić information content (AvgIpc) is 3.32. The average molecular weight is 422 g/mol. The zero-order chi connectivity index (χ0) is 21.4. The Bertz CT molecular complexity index is 1090. The van der Waals surface area contributed by atoms with Gasteiger partial charge in [0.25, 0.3) is 0 Å². The van der Waals surface area contributed by atoms with Gasteiger partial charge in [0.05, 0.1) is 17.3 Å². The van der Waals surface area contributed by atoms with Gasteiger partial charge >= 0.3 is 5.97 Å². The zero-order valence-corrected chi connectivity index (χ0v) is 17.8. The van der Waals surface area contributed by atoms with Gasteiger partial charge in [-0.05, 0) is 75.0 Å². The monoisotopic (exact) mass is 421 g/mol. The fourth-order valence-electron chi connectivity index (χ4n) is 3.96. The Balaban J connectivity index is 1.74. The third-order valence-electron chi connectivity index (χ3n) is 5.35. The summed E-state index contributed by atoms with van der Waals surface area (Å²) in [6, 6.07) is 14.7. The molecule has 2 atom stereocenters. The summed E-state index contributed by atoms with van der Waals surface area (Å²) in [4.78, 5) is 17.9. The number of furan rings is 1. The standard InChI is InChI=1S/C23H23N3O3S/c1-13(2)26-21(20(25-23(26)30)17-6-4-5-11-24-17)19-10-9-18(29-19)16-8-7-15(22(27)28)12-14(16)3/h4-13,20-21H,1-3H3,(H,25,30)(H,27,28). The third kappa shape index (κ3) is 3.57. The SMILES string of the molecule is Cc1cc(C(=O)O)ccc1-c1ccc(C2C(c3ccccn3)NC(=S)N2C(C)C)o1. The normalized spacial score (nSPS) is 18.7. The van der Waals surface area contributed by atoms with Crippen LogP contribution >= 0.6 is 12.2 Å². The first-order valence-corrected chi connectivity index (χ1v) is 10.2. The van der Waals surface area contributed by atoms with E-state index >= 15 is 0 Å². The number of carbonyl (C=O) groups is 1. The Morgan fingerprint density at radius 1 is 1.23 bits per heavy atom. The molecule has 154 valence electrons. The molecule has 0 amide bonds. The van der Waals surface area contributed by atoms with Crippen LogP contribution in [0.2, 0.25) is 0 Å². The number of nitrogens with zero attached hydrogens (tertiary/aromatic N) is 2. The second kappa shape index (κ2) is 7.91. The maximum absolute atomic E-state index is 11.2. The quantitative estimate of drug-likeness (QED) is 0.577. The van der Waals surface area contributed by atoms with Gasteiger partial charge in [0.15, 0.2) is 5.11 Å². The lowest BCUT2D eigenvalue weighted by molar-refractivity contribution is 0.0697. The van der Waals surface area contributed by atoms with E-state index in [2.05, 4.69) is 29.0 Å². The minimum absolute atomic E-state index is 0.129. The molecule has 7 heteroatoms. The number of hydrogen-bond donors (Lipinski definition) is 2. The molecule has 0 saturated carbocycles. The molecule has 0 spiro atoms. The van der Waals surface area contributed by atoms with Crippen LogP contribution in [0.1, 0.15) is 53.3 Å². The number of rotatable bonds is 5. The van der Waals surface area contributed by atoms with Crippen LogP contribution in [0.25, 0.3) is 11.3 Å². The summed E-state index contributed by atoms with van der Waals surface area (Å²) >= 11 is 5.62. The van der Waals surface area contributed by atoms with Crippen molar-refractivity contribution in [2.45, 2.75) is 38.9 Å². The zero-order valence-electron chi connectivity index (χ0n) is 17.0. The van der Waals surface area contributed by atoms with Crippen molar-refractivity contribution in [2.75, 3.05) is 0 Å². The van der Waals surface area contributed by atoms with E-state index in [1.54, 1.807) is 24.4 Å². The highest BCUT2D eigenvalue weighted by Gasteiger charge is 2.42. The summed E-state index contributed by atoms with van der Waals surface area (Å²) in [6.45, 7) is 6.08. The third-order valence-corrected chi connectivity index (χ3v) is 5.68. The van der Waals surface area contributed by atoms with Crippen LogP contribution in [0.4, 0.5) is 0 Å². The minimum atomic E-state index is -0.943. The highest BCUT2D eigenvalue weighted by atomic mass is 32.1. The van der Waals surface area contributed by atoms with Crippen LogP contribution in [0, 0.1) is 6.92 Å². The number of hydrogen-bond acceptors (Lipinski definition) is 4. The molecule has 1 saturated heterocycles. The van der Waals surface area contributed by atoms with E-state index in [-0.39, 0.29) is 23.7 Å². The highest BCUT2D eigenvalue weighted by Crippen LogP contribution is 2.41. The fourth-order valence-corrected chi connectivity index (χ4v) is 4.41. The minimum Gasteiger partial charge on any atom is -0.478 e. The number of aromatic nitrogens is 1. The van der Waals surface area contributed by atoms with E-state index < -0.39 is 5.97 Å². The molecule has 1 aliphatic rings.